The van der Waals surface area contributed by atoms with Crippen LogP contribution in [0.4, 0.5) is 0 Å². The molecule has 0 heterocycles. The van der Waals surface area contributed by atoms with E-state index in [1.807, 2.05) is 0 Å². The van der Waals surface area contributed by atoms with Gasteiger partial charge in [-0.15, -0.1) is 0 Å². The molecule has 2 aliphatic carbocycles. The topological polar surface area (TPSA) is 21.3 Å². The van der Waals surface area contributed by atoms with Gasteiger partial charge in [0.15, 0.2) is 0 Å². The summed E-state index contributed by atoms with van der Waals surface area (Å²) in [6, 6.07) is 0.739. The molecule has 2 fully saturated rings. The molecule has 12 heavy (non-hydrogen) atoms. The van der Waals surface area contributed by atoms with Crippen LogP contribution in [0.15, 0.2) is 0 Å². The molecule has 0 saturated heterocycles. The maximum atomic E-state index is 5.73. The first-order chi connectivity index (χ1) is 5.83. The predicted octanol–water partition coefficient (Wildman–Crippen LogP) is 1.55. The van der Waals surface area contributed by atoms with Gasteiger partial charge in [0.2, 0.25) is 0 Å². The smallest absolute Gasteiger partial charge is 0.0661 e. The van der Waals surface area contributed by atoms with Crippen LogP contribution in [0.2, 0.25) is 0 Å². The average Bonchev–Trinajstić information content (AvgIpc) is 1.93. The molecule has 0 aromatic heterocycles. The van der Waals surface area contributed by atoms with Gasteiger partial charge in [-0.3, -0.25) is 0 Å². The largest absolute Gasteiger partial charge is 0.378 e. The molecule has 0 radical (unpaired) electrons. The number of rotatable bonds is 3. The van der Waals surface area contributed by atoms with Crippen LogP contribution in [0.25, 0.3) is 0 Å². The summed E-state index contributed by atoms with van der Waals surface area (Å²) in [5.74, 6) is 0. The molecule has 1 spiro atoms. The van der Waals surface area contributed by atoms with Gasteiger partial charge in [0.25, 0.3) is 0 Å². The fourth-order valence-electron chi connectivity index (χ4n) is 2.84. The van der Waals surface area contributed by atoms with Crippen molar-refractivity contribution in [3.63, 3.8) is 0 Å². The standard InChI is InChI=1S/C10H19NO/c1-3-12-9-7-8(11-2)10(9)5-4-6-10/h8-9,11H,3-7H2,1-2H3/t8-,9+/m0/s1. The van der Waals surface area contributed by atoms with Crippen molar-refractivity contribution in [2.24, 2.45) is 5.41 Å². The minimum Gasteiger partial charge on any atom is -0.378 e. The van der Waals surface area contributed by atoms with Gasteiger partial charge >= 0.3 is 0 Å². The monoisotopic (exact) mass is 169 g/mol. The molecule has 2 heteroatoms. The Morgan fingerprint density at radius 1 is 1.50 bits per heavy atom. The van der Waals surface area contributed by atoms with Gasteiger partial charge in [-0.2, -0.15) is 0 Å². The highest BCUT2D eigenvalue weighted by Gasteiger charge is 2.58. The molecule has 2 rings (SSSR count). The third-order valence-corrected chi connectivity index (χ3v) is 3.79. The van der Waals surface area contributed by atoms with E-state index in [4.69, 9.17) is 4.74 Å². The third-order valence-electron chi connectivity index (χ3n) is 3.79. The van der Waals surface area contributed by atoms with Crippen LogP contribution in [0.1, 0.15) is 32.6 Å². The van der Waals surface area contributed by atoms with Crippen LogP contribution in [0.5, 0.6) is 0 Å². The molecule has 0 aromatic carbocycles. The molecule has 0 aromatic rings. The van der Waals surface area contributed by atoms with Crippen molar-refractivity contribution < 1.29 is 4.74 Å². The fraction of sp³-hybridized carbons (Fsp3) is 1.00. The second-order valence-electron chi connectivity index (χ2n) is 4.11. The van der Waals surface area contributed by atoms with Gasteiger partial charge < -0.3 is 10.1 Å². The summed E-state index contributed by atoms with van der Waals surface area (Å²) in [6.07, 6.45) is 5.95. The maximum absolute atomic E-state index is 5.73. The van der Waals surface area contributed by atoms with Gasteiger partial charge in [0, 0.05) is 18.1 Å². The van der Waals surface area contributed by atoms with Crippen molar-refractivity contribution in [1.29, 1.82) is 0 Å². The van der Waals surface area contributed by atoms with Crippen molar-refractivity contribution in [3.05, 3.63) is 0 Å². The molecule has 0 amide bonds. The fourth-order valence-corrected chi connectivity index (χ4v) is 2.84. The Morgan fingerprint density at radius 2 is 2.25 bits per heavy atom. The van der Waals surface area contributed by atoms with E-state index >= 15 is 0 Å². The van der Waals surface area contributed by atoms with E-state index in [-0.39, 0.29) is 0 Å². The van der Waals surface area contributed by atoms with Gasteiger partial charge in [-0.1, -0.05) is 6.42 Å². The minimum atomic E-state index is 0.546. The van der Waals surface area contributed by atoms with E-state index in [0.717, 1.165) is 12.6 Å². The highest BCUT2D eigenvalue weighted by molar-refractivity contribution is 5.11. The lowest BCUT2D eigenvalue weighted by molar-refractivity contribution is -0.171. The summed E-state index contributed by atoms with van der Waals surface area (Å²) < 4.78 is 5.73. The van der Waals surface area contributed by atoms with Crippen molar-refractivity contribution >= 4 is 0 Å². The first-order valence-corrected chi connectivity index (χ1v) is 5.12. The molecular formula is C10H19NO. The summed E-state index contributed by atoms with van der Waals surface area (Å²) in [7, 11) is 2.08. The van der Waals surface area contributed by atoms with Crippen LogP contribution in [0.3, 0.4) is 0 Å². The SMILES string of the molecule is CCO[C@@H]1C[C@H](NC)C12CCC2. The van der Waals surface area contributed by atoms with Gasteiger partial charge in [0.1, 0.15) is 0 Å². The summed E-state index contributed by atoms with van der Waals surface area (Å²) >= 11 is 0. The minimum absolute atomic E-state index is 0.546. The van der Waals surface area contributed by atoms with E-state index in [9.17, 15) is 0 Å². The van der Waals surface area contributed by atoms with Gasteiger partial charge in [-0.25, -0.2) is 0 Å². The van der Waals surface area contributed by atoms with Crippen LogP contribution < -0.4 is 5.32 Å². The van der Waals surface area contributed by atoms with E-state index < -0.39 is 0 Å². The number of hydrogen-bond donors (Lipinski definition) is 1. The molecule has 0 bridgehead atoms. The lowest BCUT2D eigenvalue weighted by Gasteiger charge is -2.61. The van der Waals surface area contributed by atoms with Crippen LogP contribution in [-0.4, -0.2) is 25.8 Å². The molecule has 2 atom stereocenters. The zero-order chi connectivity index (χ0) is 8.60. The average molecular weight is 169 g/mol. The first-order valence-electron chi connectivity index (χ1n) is 5.12. The lowest BCUT2D eigenvalue weighted by atomic mass is 9.51. The maximum Gasteiger partial charge on any atom is 0.0661 e. The third kappa shape index (κ3) is 0.944. The Balaban J connectivity index is 1.94. The summed E-state index contributed by atoms with van der Waals surface area (Å²) in [5, 5.41) is 3.40. The molecule has 0 aliphatic heterocycles. The van der Waals surface area contributed by atoms with Crippen LogP contribution in [0, 0.1) is 5.41 Å². The van der Waals surface area contributed by atoms with Crippen molar-refractivity contribution in [3.8, 4) is 0 Å². The number of ether oxygens (including phenoxy) is 1. The van der Waals surface area contributed by atoms with E-state index in [0.29, 0.717) is 11.5 Å². The van der Waals surface area contributed by atoms with Gasteiger partial charge in [-0.05, 0) is 33.2 Å². The number of nitrogens with one attached hydrogen (secondary N) is 1. The van der Waals surface area contributed by atoms with Crippen molar-refractivity contribution in [2.75, 3.05) is 13.7 Å². The highest BCUT2D eigenvalue weighted by Crippen LogP contribution is 2.57. The number of hydrogen-bond acceptors (Lipinski definition) is 2. The quantitative estimate of drug-likeness (QED) is 0.692. The molecule has 1 N–H and O–H groups in total. The Kier molecular flexibility index (Phi) is 2.13. The lowest BCUT2D eigenvalue weighted by Crippen LogP contribution is -2.66. The zero-order valence-corrected chi connectivity index (χ0v) is 8.10. The van der Waals surface area contributed by atoms with E-state index in [2.05, 4.69) is 19.3 Å². The first kappa shape index (κ1) is 8.52. The van der Waals surface area contributed by atoms with Crippen LogP contribution in [-0.2, 0) is 4.74 Å². The molecule has 70 valence electrons. The normalized spacial score (nSPS) is 37.5. The Labute approximate surface area is 74.7 Å². The summed E-state index contributed by atoms with van der Waals surface area (Å²) in [4.78, 5) is 0. The van der Waals surface area contributed by atoms with Gasteiger partial charge in [0.05, 0.1) is 6.10 Å². The summed E-state index contributed by atoms with van der Waals surface area (Å²) in [5.41, 5.74) is 0.546. The van der Waals surface area contributed by atoms with Crippen molar-refractivity contribution in [1.82, 2.24) is 5.32 Å². The second-order valence-corrected chi connectivity index (χ2v) is 4.11. The molecule has 2 aliphatic rings. The zero-order valence-electron chi connectivity index (χ0n) is 8.10. The molecule has 2 nitrogen and oxygen atoms in total. The van der Waals surface area contributed by atoms with E-state index in [1.165, 1.54) is 25.7 Å². The van der Waals surface area contributed by atoms with E-state index in [1.54, 1.807) is 0 Å². The summed E-state index contributed by atoms with van der Waals surface area (Å²) in [6.45, 7) is 2.97. The molecule has 0 unspecified atom stereocenters. The Bertz CT molecular complexity index is 165. The molecular weight excluding hydrogens is 150 g/mol. The highest BCUT2D eigenvalue weighted by atomic mass is 16.5. The second kappa shape index (κ2) is 3.00. The predicted molar refractivity (Wildman–Crippen MR) is 49.2 cm³/mol. The molecule has 2 saturated carbocycles. The van der Waals surface area contributed by atoms with Crippen molar-refractivity contribution in [2.45, 2.75) is 44.8 Å². The Morgan fingerprint density at radius 3 is 2.67 bits per heavy atom. The van der Waals surface area contributed by atoms with Crippen LogP contribution >= 0.6 is 0 Å². The Hall–Kier alpha value is -0.0800.